The van der Waals surface area contributed by atoms with E-state index in [1.165, 1.54) is 0 Å². The van der Waals surface area contributed by atoms with Crippen LogP contribution in [0.4, 0.5) is 0 Å². The van der Waals surface area contributed by atoms with Gasteiger partial charge in [0.25, 0.3) is 5.91 Å². The summed E-state index contributed by atoms with van der Waals surface area (Å²) in [6.07, 6.45) is 6.09. The number of rotatable bonds is 4. The predicted octanol–water partition coefficient (Wildman–Crippen LogP) is 3.48. The lowest BCUT2D eigenvalue weighted by Gasteiger charge is -2.20. The maximum Gasteiger partial charge on any atom is 0.256 e. The highest BCUT2D eigenvalue weighted by molar-refractivity contribution is 6.36. The Hall–Kier alpha value is -1.17. The molecule has 0 aliphatic rings. The second-order valence-electron chi connectivity index (χ2n) is 3.56. The molecule has 0 heterocycles. The van der Waals surface area contributed by atoms with Crippen LogP contribution in [0.3, 0.4) is 0 Å². The third kappa shape index (κ3) is 3.66. The van der Waals surface area contributed by atoms with E-state index in [-0.39, 0.29) is 12.5 Å². The van der Waals surface area contributed by atoms with Crippen molar-refractivity contribution in [3.63, 3.8) is 0 Å². The van der Waals surface area contributed by atoms with Crippen molar-refractivity contribution in [2.75, 3.05) is 13.1 Å². The van der Waals surface area contributed by atoms with Crippen LogP contribution in [0, 0.1) is 12.3 Å². The van der Waals surface area contributed by atoms with Gasteiger partial charge in [0.15, 0.2) is 0 Å². The number of nitrogens with zero attached hydrogens (tertiary/aromatic N) is 1. The summed E-state index contributed by atoms with van der Waals surface area (Å²) in [5, 5.41) is 0.853. The van der Waals surface area contributed by atoms with Gasteiger partial charge < -0.3 is 4.90 Å². The molecular weight excluding hydrogens is 257 g/mol. The van der Waals surface area contributed by atoms with E-state index >= 15 is 0 Å². The molecule has 1 rings (SSSR count). The van der Waals surface area contributed by atoms with Gasteiger partial charge in [0.05, 0.1) is 17.1 Å². The van der Waals surface area contributed by atoms with E-state index in [0.717, 1.165) is 6.42 Å². The van der Waals surface area contributed by atoms with Gasteiger partial charge in [0.2, 0.25) is 0 Å². The molecule has 0 atom stereocenters. The Labute approximate surface area is 112 Å². The highest BCUT2D eigenvalue weighted by Gasteiger charge is 2.16. The van der Waals surface area contributed by atoms with Crippen LogP contribution in [0.25, 0.3) is 0 Å². The Bertz CT molecular complexity index is 451. The average molecular weight is 270 g/mol. The van der Waals surface area contributed by atoms with Crippen LogP contribution in [-0.2, 0) is 0 Å². The number of benzene rings is 1. The summed E-state index contributed by atoms with van der Waals surface area (Å²) in [5.41, 5.74) is 0.430. The average Bonchev–Trinajstić information content (AvgIpc) is 2.28. The third-order valence-electron chi connectivity index (χ3n) is 2.22. The van der Waals surface area contributed by atoms with Crippen molar-refractivity contribution < 1.29 is 4.79 Å². The number of halogens is 2. The summed E-state index contributed by atoms with van der Waals surface area (Å²) >= 11 is 11.8. The van der Waals surface area contributed by atoms with Gasteiger partial charge in [-0.1, -0.05) is 36.0 Å². The van der Waals surface area contributed by atoms with Gasteiger partial charge in [0, 0.05) is 11.6 Å². The molecule has 17 heavy (non-hydrogen) atoms. The molecule has 0 unspecified atom stereocenters. The number of hydrogen-bond donors (Lipinski definition) is 0. The van der Waals surface area contributed by atoms with E-state index < -0.39 is 0 Å². The molecule has 0 N–H and O–H groups in total. The predicted molar refractivity (Wildman–Crippen MR) is 71.5 cm³/mol. The molecule has 0 saturated heterocycles. The monoisotopic (exact) mass is 269 g/mol. The lowest BCUT2D eigenvalue weighted by Crippen LogP contribution is -2.32. The topological polar surface area (TPSA) is 20.3 Å². The molecule has 1 aromatic carbocycles. The van der Waals surface area contributed by atoms with Gasteiger partial charge in [-0.25, -0.2) is 0 Å². The van der Waals surface area contributed by atoms with Crippen molar-refractivity contribution in [1.82, 2.24) is 4.90 Å². The lowest BCUT2D eigenvalue weighted by molar-refractivity contribution is 0.0777. The van der Waals surface area contributed by atoms with Gasteiger partial charge in [-0.3, -0.25) is 4.79 Å². The van der Waals surface area contributed by atoms with Crippen molar-refractivity contribution in [1.29, 1.82) is 0 Å². The lowest BCUT2D eigenvalue weighted by atomic mass is 10.2. The number of amides is 1. The Morgan fingerprint density at radius 2 is 2.18 bits per heavy atom. The van der Waals surface area contributed by atoms with Gasteiger partial charge in [-0.15, -0.1) is 6.42 Å². The molecule has 0 spiro atoms. The van der Waals surface area contributed by atoms with Crippen molar-refractivity contribution in [3.05, 3.63) is 33.8 Å². The minimum Gasteiger partial charge on any atom is -0.327 e. The normalized spacial score (nSPS) is 9.76. The van der Waals surface area contributed by atoms with Crippen LogP contribution in [0.15, 0.2) is 18.2 Å². The van der Waals surface area contributed by atoms with Gasteiger partial charge in [-0.2, -0.15) is 0 Å². The first kappa shape index (κ1) is 13.9. The van der Waals surface area contributed by atoms with E-state index in [9.17, 15) is 4.79 Å². The summed E-state index contributed by atoms with van der Waals surface area (Å²) < 4.78 is 0. The first-order chi connectivity index (χ1) is 8.10. The minimum atomic E-state index is -0.161. The van der Waals surface area contributed by atoms with Crippen LogP contribution in [0.2, 0.25) is 10.0 Å². The molecule has 1 aromatic rings. The van der Waals surface area contributed by atoms with E-state index in [1.54, 1.807) is 23.1 Å². The first-order valence-electron chi connectivity index (χ1n) is 5.28. The zero-order chi connectivity index (χ0) is 12.8. The summed E-state index contributed by atoms with van der Waals surface area (Å²) in [4.78, 5) is 13.8. The highest BCUT2D eigenvalue weighted by Crippen LogP contribution is 2.22. The van der Waals surface area contributed by atoms with Crippen LogP contribution < -0.4 is 0 Å². The Morgan fingerprint density at radius 1 is 1.47 bits per heavy atom. The molecule has 1 amide bonds. The fourth-order valence-corrected chi connectivity index (χ4v) is 1.96. The quantitative estimate of drug-likeness (QED) is 0.767. The molecule has 0 bridgehead atoms. The van der Waals surface area contributed by atoms with E-state index in [4.69, 9.17) is 29.6 Å². The minimum absolute atomic E-state index is 0.161. The smallest absolute Gasteiger partial charge is 0.256 e. The second-order valence-corrected chi connectivity index (χ2v) is 4.40. The number of carbonyl (C=O) groups is 1. The Morgan fingerprint density at radius 3 is 2.71 bits per heavy atom. The number of carbonyl (C=O) groups excluding carboxylic acids is 1. The zero-order valence-corrected chi connectivity index (χ0v) is 11.1. The standard InChI is InChI=1S/C13H13Cl2NO/c1-3-7-16(8-4-2)13(17)11-6-5-10(14)9-12(11)15/h1,5-6,9H,4,7-8H2,2H3. The first-order valence-corrected chi connectivity index (χ1v) is 6.03. The summed E-state index contributed by atoms with van der Waals surface area (Å²) in [5.74, 6) is 2.31. The van der Waals surface area contributed by atoms with Crippen LogP contribution in [-0.4, -0.2) is 23.9 Å². The summed E-state index contributed by atoms with van der Waals surface area (Å²) in [6, 6.07) is 4.81. The fourth-order valence-electron chi connectivity index (χ4n) is 1.47. The van der Waals surface area contributed by atoms with Crippen molar-refractivity contribution >= 4 is 29.1 Å². The molecule has 0 fully saturated rings. The molecule has 0 saturated carbocycles. The van der Waals surface area contributed by atoms with E-state index in [2.05, 4.69) is 5.92 Å². The maximum atomic E-state index is 12.2. The van der Waals surface area contributed by atoms with Gasteiger partial charge in [-0.05, 0) is 24.6 Å². The van der Waals surface area contributed by atoms with Crippen LogP contribution >= 0.6 is 23.2 Å². The molecular formula is C13H13Cl2NO. The molecule has 90 valence electrons. The summed E-state index contributed by atoms with van der Waals surface area (Å²) in [6.45, 7) is 2.88. The molecule has 0 aliphatic heterocycles. The summed E-state index contributed by atoms with van der Waals surface area (Å²) in [7, 11) is 0. The Balaban J connectivity index is 2.97. The van der Waals surface area contributed by atoms with Gasteiger partial charge in [0.1, 0.15) is 0 Å². The van der Waals surface area contributed by atoms with Crippen molar-refractivity contribution in [2.45, 2.75) is 13.3 Å². The molecule has 0 aliphatic carbocycles. The third-order valence-corrected chi connectivity index (χ3v) is 2.77. The van der Waals surface area contributed by atoms with Crippen LogP contribution in [0.1, 0.15) is 23.7 Å². The van der Waals surface area contributed by atoms with Crippen LogP contribution in [0.5, 0.6) is 0 Å². The number of terminal acetylenes is 1. The van der Waals surface area contributed by atoms with Crippen molar-refractivity contribution in [3.8, 4) is 12.3 Å². The second kappa shape index (κ2) is 6.54. The molecule has 0 aromatic heterocycles. The fraction of sp³-hybridized carbons (Fsp3) is 0.308. The highest BCUT2D eigenvalue weighted by atomic mass is 35.5. The largest absolute Gasteiger partial charge is 0.327 e. The maximum absolute atomic E-state index is 12.2. The van der Waals surface area contributed by atoms with E-state index in [0.29, 0.717) is 22.2 Å². The SMILES string of the molecule is C#CCN(CCC)C(=O)c1ccc(Cl)cc1Cl. The Kier molecular flexibility index (Phi) is 5.34. The zero-order valence-electron chi connectivity index (χ0n) is 9.54. The number of hydrogen-bond acceptors (Lipinski definition) is 1. The van der Waals surface area contributed by atoms with Gasteiger partial charge >= 0.3 is 0 Å². The molecule has 2 nitrogen and oxygen atoms in total. The molecule has 0 radical (unpaired) electrons. The molecule has 4 heteroatoms. The van der Waals surface area contributed by atoms with E-state index in [1.807, 2.05) is 6.92 Å². The van der Waals surface area contributed by atoms with Crippen molar-refractivity contribution in [2.24, 2.45) is 0 Å².